The predicted molar refractivity (Wildman–Crippen MR) is 71.4 cm³/mol. The average molecular weight is 265 g/mol. The number of carbonyl (C=O) groups excluding carboxylic acids is 1. The maximum absolute atomic E-state index is 11.9. The van der Waals surface area contributed by atoms with Gasteiger partial charge in [-0.1, -0.05) is 23.7 Å². The first kappa shape index (κ1) is 12.5. The first-order chi connectivity index (χ1) is 8.70. The topological polar surface area (TPSA) is 54.1 Å². The van der Waals surface area contributed by atoms with E-state index < -0.39 is 0 Å². The summed E-state index contributed by atoms with van der Waals surface area (Å²) in [7, 11) is 0. The van der Waals surface area contributed by atoms with E-state index in [1.54, 1.807) is 24.4 Å². The number of amides is 1. The van der Waals surface area contributed by atoms with E-state index in [-0.39, 0.29) is 5.91 Å². The molecule has 0 aliphatic heterocycles. The van der Waals surface area contributed by atoms with Crippen LogP contribution in [0.25, 0.3) is 0 Å². The smallest absolute Gasteiger partial charge is 0.272 e. The summed E-state index contributed by atoms with van der Waals surface area (Å²) in [6, 6.07) is 8.85. The number of para-hydroxylation sites is 2. The zero-order valence-corrected chi connectivity index (χ0v) is 10.6. The maximum Gasteiger partial charge on any atom is 0.272 e. The highest BCUT2D eigenvalue weighted by Gasteiger charge is 2.10. The molecule has 0 atom stereocenters. The molecular weight excluding hydrogens is 252 g/mol. The molecule has 2 N–H and O–H groups in total. The Morgan fingerprint density at radius 2 is 2.22 bits per heavy atom. The molecule has 1 aromatic carbocycles. The zero-order chi connectivity index (χ0) is 13.0. The van der Waals surface area contributed by atoms with E-state index >= 15 is 0 Å². The van der Waals surface area contributed by atoms with Crippen LogP contribution in [0.2, 0.25) is 5.02 Å². The summed E-state index contributed by atoms with van der Waals surface area (Å²) in [5, 5.41) is 3.27. The summed E-state index contributed by atoms with van der Waals surface area (Å²) in [6.07, 6.45) is 1.56. The van der Waals surface area contributed by atoms with Gasteiger partial charge in [-0.15, -0.1) is 0 Å². The number of rotatable bonds is 4. The van der Waals surface area contributed by atoms with Crippen LogP contribution in [0.5, 0.6) is 5.75 Å². The van der Waals surface area contributed by atoms with Crippen molar-refractivity contribution in [3.63, 3.8) is 0 Å². The first-order valence-electron chi connectivity index (χ1n) is 5.58. The molecule has 4 nitrogen and oxygen atoms in total. The molecule has 0 aliphatic rings. The number of nitrogens with one attached hydrogen (secondary N) is 2. The summed E-state index contributed by atoms with van der Waals surface area (Å²) in [5.74, 6) is 0.389. The van der Waals surface area contributed by atoms with Crippen molar-refractivity contribution < 1.29 is 9.53 Å². The third-order valence-corrected chi connectivity index (χ3v) is 2.55. The lowest BCUT2D eigenvalue weighted by Gasteiger charge is -2.10. The molecular formula is C13H13ClN2O2. The average Bonchev–Trinajstić information content (AvgIpc) is 2.79. The zero-order valence-electron chi connectivity index (χ0n) is 9.87. The Bertz CT molecular complexity index is 551. The monoisotopic (exact) mass is 264 g/mol. The molecule has 94 valence electrons. The lowest BCUT2D eigenvalue weighted by atomic mass is 10.3. The van der Waals surface area contributed by atoms with Crippen LogP contribution < -0.4 is 10.1 Å². The van der Waals surface area contributed by atoms with Crippen molar-refractivity contribution in [1.82, 2.24) is 4.98 Å². The number of hydrogen-bond acceptors (Lipinski definition) is 2. The second-order valence-corrected chi connectivity index (χ2v) is 4.05. The second kappa shape index (κ2) is 5.60. The highest BCUT2D eigenvalue weighted by molar-refractivity contribution is 6.31. The van der Waals surface area contributed by atoms with Crippen molar-refractivity contribution in [2.24, 2.45) is 0 Å². The van der Waals surface area contributed by atoms with Crippen LogP contribution >= 0.6 is 11.6 Å². The van der Waals surface area contributed by atoms with Gasteiger partial charge in [-0.2, -0.15) is 0 Å². The molecule has 0 aliphatic carbocycles. The number of benzene rings is 1. The Balaban J connectivity index is 2.16. The second-order valence-electron chi connectivity index (χ2n) is 3.61. The van der Waals surface area contributed by atoms with Crippen molar-refractivity contribution in [3.05, 3.63) is 47.2 Å². The molecule has 1 heterocycles. The summed E-state index contributed by atoms with van der Waals surface area (Å²) < 4.78 is 5.43. The number of anilines is 1. The van der Waals surface area contributed by atoms with E-state index in [2.05, 4.69) is 10.3 Å². The molecule has 1 aromatic heterocycles. The standard InChI is InChI=1S/C13H13ClN2O2/c1-2-18-12-6-4-3-5-10(12)16-13(17)11-7-9(14)8-15-11/h3-8,15H,2H2,1H3,(H,16,17). The quantitative estimate of drug-likeness (QED) is 0.890. The van der Waals surface area contributed by atoms with Gasteiger partial charge in [-0.3, -0.25) is 4.79 Å². The minimum atomic E-state index is -0.256. The van der Waals surface area contributed by atoms with Crippen molar-refractivity contribution >= 4 is 23.2 Å². The van der Waals surface area contributed by atoms with Crippen molar-refractivity contribution in [3.8, 4) is 5.75 Å². The fourth-order valence-corrected chi connectivity index (χ4v) is 1.70. The number of hydrogen-bond donors (Lipinski definition) is 2. The van der Waals surface area contributed by atoms with Gasteiger partial charge >= 0.3 is 0 Å². The number of aromatic nitrogens is 1. The Morgan fingerprint density at radius 3 is 2.89 bits per heavy atom. The van der Waals surface area contributed by atoms with E-state index in [1.807, 2.05) is 19.1 Å². The molecule has 0 bridgehead atoms. The highest BCUT2D eigenvalue weighted by atomic mass is 35.5. The predicted octanol–water partition coefficient (Wildman–Crippen LogP) is 3.32. The number of carbonyl (C=O) groups is 1. The van der Waals surface area contributed by atoms with Crippen LogP contribution in [0.3, 0.4) is 0 Å². The normalized spacial score (nSPS) is 10.1. The van der Waals surface area contributed by atoms with Gasteiger partial charge in [0.05, 0.1) is 17.3 Å². The van der Waals surface area contributed by atoms with Gasteiger partial charge in [0, 0.05) is 6.20 Å². The molecule has 0 spiro atoms. The van der Waals surface area contributed by atoms with Crippen molar-refractivity contribution in [2.45, 2.75) is 6.92 Å². The van der Waals surface area contributed by atoms with Crippen LogP contribution in [-0.2, 0) is 0 Å². The SMILES string of the molecule is CCOc1ccccc1NC(=O)c1cc(Cl)c[nH]1. The Kier molecular flexibility index (Phi) is 3.89. The molecule has 5 heteroatoms. The molecule has 0 saturated carbocycles. The summed E-state index contributed by atoms with van der Waals surface area (Å²) >= 11 is 5.75. The van der Waals surface area contributed by atoms with Crippen LogP contribution in [-0.4, -0.2) is 17.5 Å². The number of ether oxygens (including phenoxy) is 1. The summed E-state index contributed by atoms with van der Waals surface area (Å²) in [5.41, 5.74) is 1.04. The molecule has 0 radical (unpaired) electrons. The maximum atomic E-state index is 11.9. The third-order valence-electron chi connectivity index (χ3n) is 2.33. The van der Waals surface area contributed by atoms with Crippen LogP contribution in [0.1, 0.15) is 17.4 Å². The number of aromatic amines is 1. The van der Waals surface area contributed by atoms with Crippen molar-refractivity contribution in [1.29, 1.82) is 0 Å². The van der Waals surface area contributed by atoms with Crippen LogP contribution in [0.4, 0.5) is 5.69 Å². The summed E-state index contributed by atoms with van der Waals surface area (Å²) in [4.78, 5) is 14.7. The highest BCUT2D eigenvalue weighted by Crippen LogP contribution is 2.24. The largest absolute Gasteiger partial charge is 0.492 e. The van der Waals surface area contributed by atoms with E-state index in [0.717, 1.165) is 0 Å². The van der Waals surface area contributed by atoms with Gasteiger partial charge < -0.3 is 15.0 Å². The Labute approximate surface area is 110 Å². The fourth-order valence-electron chi connectivity index (χ4n) is 1.54. The van der Waals surface area contributed by atoms with Crippen LogP contribution in [0.15, 0.2) is 36.5 Å². The van der Waals surface area contributed by atoms with Gasteiger partial charge in [0.2, 0.25) is 0 Å². The lowest BCUT2D eigenvalue weighted by Crippen LogP contribution is -2.13. The first-order valence-corrected chi connectivity index (χ1v) is 5.95. The van der Waals surface area contributed by atoms with E-state index in [0.29, 0.717) is 28.8 Å². The molecule has 0 saturated heterocycles. The molecule has 1 amide bonds. The fraction of sp³-hybridized carbons (Fsp3) is 0.154. The van der Waals surface area contributed by atoms with Gasteiger partial charge in [0.15, 0.2) is 0 Å². The molecule has 2 rings (SSSR count). The molecule has 18 heavy (non-hydrogen) atoms. The molecule has 0 fully saturated rings. The Hall–Kier alpha value is -1.94. The van der Waals surface area contributed by atoms with E-state index in [1.165, 1.54) is 0 Å². The lowest BCUT2D eigenvalue weighted by molar-refractivity contribution is 0.102. The van der Waals surface area contributed by atoms with Crippen LogP contribution in [0, 0.1) is 0 Å². The molecule has 2 aromatic rings. The van der Waals surface area contributed by atoms with E-state index in [9.17, 15) is 4.79 Å². The third kappa shape index (κ3) is 2.84. The van der Waals surface area contributed by atoms with Crippen molar-refractivity contribution in [2.75, 3.05) is 11.9 Å². The Morgan fingerprint density at radius 1 is 1.44 bits per heavy atom. The molecule has 0 unspecified atom stereocenters. The van der Waals surface area contributed by atoms with Gasteiger partial charge in [0.25, 0.3) is 5.91 Å². The van der Waals surface area contributed by atoms with Gasteiger partial charge in [0.1, 0.15) is 11.4 Å². The van der Waals surface area contributed by atoms with Gasteiger partial charge in [-0.05, 0) is 25.1 Å². The number of H-pyrrole nitrogens is 1. The minimum Gasteiger partial charge on any atom is -0.492 e. The summed E-state index contributed by atoms with van der Waals surface area (Å²) in [6.45, 7) is 2.44. The van der Waals surface area contributed by atoms with Gasteiger partial charge in [-0.25, -0.2) is 0 Å². The van der Waals surface area contributed by atoms with E-state index in [4.69, 9.17) is 16.3 Å². The number of halogens is 1. The minimum absolute atomic E-state index is 0.256.